The van der Waals surface area contributed by atoms with E-state index >= 15 is 0 Å². The van der Waals surface area contributed by atoms with Crippen molar-refractivity contribution in [2.24, 2.45) is 0 Å². The van der Waals surface area contributed by atoms with Gasteiger partial charge in [0.15, 0.2) is 4.90 Å². The van der Waals surface area contributed by atoms with Gasteiger partial charge in [-0.05, 0) is 19.4 Å². The predicted octanol–water partition coefficient (Wildman–Crippen LogP) is 1.56. The van der Waals surface area contributed by atoms with Gasteiger partial charge in [-0.3, -0.25) is 0 Å². The molecular formula is C11H14ClF3N2O2S. The molecule has 0 aliphatic carbocycles. The van der Waals surface area contributed by atoms with Crippen LogP contribution in [0, 0.1) is 17.5 Å². The molecule has 0 aromatic heterocycles. The number of nitrogens with one attached hydrogen (secondary N) is 2. The van der Waals surface area contributed by atoms with E-state index in [1.165, 1.54) is 0 Å². The molecule has 114 valence electrons. The molecule has 1 aromatic carbocycles. The first-order valence-electron chi connectivity index (χ1n) is 5.78. The average molecular weight is 331 g/mol. The van der Waals surface area contributed by atoms with Gasteiger partial charge in [0, 0.05) is 24.7 Å². The van der Waals surface area contributed by atoms with Crippen LogP contribution < -0.4 is 10.0 Å². The Morgan fingerprint density at radius 1 is 1.20 bits per heavy atom. The van der Waals surface area contributed by atoms with E-state index in [4.69, 9.17) is 0 Å². The number of sulfonamides is 1. The Balaban J connectivity index is 0.00000200. The predicted molar refractivity (Wildman–Crippen MR) is 69.8 cm³/mol. The highest BCUT2D eigenvalue weighted by Crippen LogP contribution is 2.20. The van der Waals surface area contributed by atoms with Crippen molar-refractivity contribution in [2.75, 3.05) is 13.1 Å². The summed E-state index contributed by atoms with van der Waals surface area (Å²) >= 11 is 0. The zero-order valence-electron chi connectivity index (χ0n) is 10.3. The summed E-state index contributed by atoms with van der Waals surface area (Å²) in [6.07, 6.45) is 1.35. The minimum absolute atomic E-state index is 0. The summed E-state index contributed by atoms with van der Waals surface area (Å²) in [5.74, 6) is -4.03. The average Bonchev–Trinajstić information content (AvgIpc) is 2.27. The summed E-state index contributed by atoms with van der Waals surface area (Å²) in [6, 6.07) is 0.260. The van der Waals surface area contributed by atoms with Gasteiger partial charge in [-0.15, -0.1) is 12.4 Å². The molecule has 2 N–H and O–H groups in total. The Morgan fingerprint density at radius 3 is 2.30 bits per heavy atom. The second-order valence-corrected chi connectivity index (χ2v) is 6.01. The van der Waals surface area contributed by atoms with Crippen LogP contribution in [0.3, 0.4) is 0 Å². The van der Waals surface area contributed by atoms with Gasteiger partial charge in [0.25, 0.3) is 0 Å². The summed E-state index contributed by atoms with van der Waals surface area (Å²) < 4.78 is 65.7. The zero-order chi connectivity index (χ0) is 14.0. The van der Waals surface area contributed by atoms with Crippen molar-refractivity contribution >= 4 is 22.4 Å². The van der Waals surface area contributed by atoms with E-state index < -0.39 is 38.4 Å². The van der Waals surface area contributed by atoms with Crippen molar-refractivity contribution in [3.05, 3.63) is 29.6 Å². The first-order chi connectivity index (χ1) is 8.90. The molecule has 1 fully saturated rings. The van der Waals surface area contributed by atoms with Gasteiger partial charge in [0.1, 0.15) is 17.5 Å². The molecule has 9 heteroatoms. The molecule has 1 atom stereocenters. The molecule has 2 rings (SSSR count). The largest absolute Gasteiger partial charge is 0.315 e. The zero-order valence-corrected chi connectivity index (χ0v) is 12.0. The van der Waals surface area contributed by atoms with E-state index in [1.54, 1.807) is 0 Å². The maximum absolute atomic E-state index is 13.4. The smallest absolute Gasteiger partial charge is 0.246 e. The maximum Gasteiger partial charge on any atom is 0.246 e. The van der Waals surface area contributed by atoms with Crippen molar-refractivity contribution in [1.82, 2.24) is 10.0 Å². The van der Waals surface area contributed by atoms with Crippen LogP contribution in [-0.2, 0) is 10.0 Å². The fraction of sp³-hybridized carbons (Fsp3) is 0.455. The molecule has 0 radical (unpaired) electrons. The van der Waals surface area contributed by atoms with Gasteiger partial charge in [0.05, 0.1) is 0 Å². The highest BCUT2D eigenvalue weighted by atomic mass is 35.5. The monoisotopic (exact) mass is 330 g/mol. The molecule has 0 amide bonds. The van der Waals surface area contributed by atoms with Gasteiger partial charge in [-0.25, -0.2) is 26.3 Å². The molecule has 0 spiro atoms. The third-order valence-corrected chi connectivity index (χ3v) is 4.42. The highest BCUT2D eigenvalue weighted by molar-refractivity contribution is 7.89. The number of rotatable bonds is 3. The molecule has 0 saturated carbocycles. The van der Waals surface area contributed by atoms with Gasteiger partial charge < -0.3 is 5.32 Å². The molecule has 1 aliphatic rings. The van der Waals surface area contributed by atoms with Gasteiger partial charge in [-0.2, -0.15) is 0 Å². The number of hydrogen-bond acceptors (Lipinski definition) is 3. The second kappa shape index (κ2) is 6.75. The van der Waals surface area contributed by atoms with E-state index in [0.717, 1.165) is 13.0 Å². The van der Waals surface area contributed by atoms with Crippen LogP contribution in [0.25, 0.3) is 0 Å². The van der Waals surface area contributed by atoms with Crippen molar-refractivity contribution in [2.45, 2.75) is 23.8 Å². The highest BCUT2D eigenvalue weighted by Gasteiger charge is 2.28. The van der Waals surface area contributed by atoms with Crippen molar-refractivity contribution < 1.29 is 21.6 Å². The lowest BCUT2D eigenvalue weighted by Gasteiger charge is -2.23. The third kappa shape index (κ3) is 3.85. The molecular weight excluding hydrogens is 317 g/mol. The third-order valence-electron chi connectivity index (χ3n) is 2.85. The lowest BCUT2D eigenvalue weighted by Crippen LogP contribution is -2.45. The van der Waals surface area contributed by atoms with Crippen LogP contribution in [0.4, 0.5) is 13.2 Å². The Labute approximate surface area is 121 Å². The van der Waals surface area contributed by atoms with Crippen LogP contribution >= 0.6 is 12.4 Å². The number of benzene rings is 1. The fourth-order valence-electron chi connectivity index (χ4n) is 2.02. The summed E-state index contributed by atoms with van der Waals surface area (Å²) in [7, 11) is -4.34. The number of halogens is 4. The van der Waals surface area contributed by atoms with Gasteiger partial charge in [0.2, 0.25) is 10.0 Å². The van der Waals surface area contributed by atoms with Gasteiger partial charge in [-0.1, -0.05) is 0 Å². The number of hydrogen-bond donors (Lipinski definition) is 2. The van der Waals surface area contributed by atoms with Crippen molar-refractivity contribution in [3.8, 4) is 0 Å². The first kappa shape index (κ1) is 17.2. The molecule has 1 aliphatic heterocycles. The summed E-state index contributed by atoms with van der Waals surface area (Å²) in [5.41, 5.74) is 0. The molecule has 0 bridgehead atoms. The van der Waals surface area contributed by atoms with Crippen LogP contribution in [-0.4, -0.2) is 27.5 Å². The lowest BCUT2D eigenvalue weighted by atomic mass is 10.1. The summed E-state index contributed by atoms with van der Waals surface area (Å²) in [5, 5.41) is 2.97. The molecule has 1 heterocycles. The quantitative estimate of drug-likeness (QED) is 0.884. The molecule has 4 nitrogen and oxygen atoms in total. The number of piperidine rings is 1. The topological polar surface area (TPSA) is 58.2 Å². The van der Waals surface area contributed by atoms with Crippen LogP contribution in [0.5, 0.6) is 0 Å². The molecule has 1 saturated heterocycles. The Bertz CT molecular complexity index is 554. The van der Waals surface area contributed by atoms with Crippen molar-refractivity contribution in [3.63, 3.8) is 0 Å². The standard InChI is InChI=1S/C11H13F3N2O2S.ClH/c12-7-4-9(13)11(10(14)5-7)19(17,18)16-8-2-1-3-15-6-8;/h4-5,8,15-16H,1-3,6H2;1H/t8-;/m1./s1. The normalized spacial score (nSPS) is 19.4. The van der Waals surface area contributed by atoms with E-state index in [9.17, 15) is 21.6 Å². The van der Waals surface area contributed by atoms with E-state index in [1.807, 2.05) is 0 Å². The Kier molecular flexibility index (Phi) is 5.81. The lowest BCUT2D eigenvalue weighted by molar-refractivity contribution is 0.424. The Morgan fingerprint density at radius 2 is 1.80 bits per heavy atom. The second-order valence-electron chi connectivity index (χ2n) is 4.36. The van der Waals surface area contributed by atoms with E-state index in [0.29, 0.717) is 25.1 Å². The minimum atomic E-state index is -4.34. The summed E-state index contributed by atoms with van der Waals surface area (Å²) in [6.45, 7) is 1.17. The Hall–Kier alpha value is -0.830. The van der Waals surface area contributed by atoms with Crippen LogP contribution in [0.1, 0.15) is 12.8 Å². The minimum Gasteiger partial charge on any atom is -0.315 e. The van der Waals surface area contributed by atoms with Crippen LogP contribution in [0.15, 0.2) is 17.0 Å². The molecule has 0 unspecified atom stereocenters. The summed E-state index contributed by atoms with van der Waals surface area (Å²) in [4.78, 5) is -1.14. The van der Waals surface area contributed by atoms with Crippen LogP contribution in [0.2, 0.25) is 0 Å². The van der Waals surface area contributed by atoms with Crippen molar-refractivity contribution in [1.29, 1.82) is 0 Å². The molecule has 20 heavy (non-hydrogen) atoms. The fourth-order valence-corrected chi connectivity index (χ4v) is 3.41. The van der Waals surface area contributed by atoms with E-state index in [-0.39, 0.29) is 12.4 Å². The SMILES string of the molecule is Cl.O=S(=O)(N[C@@H]1CCCNC1)c1c(F)cc(F)cc1F. The van der Waals surface area contributed by atoms with Gasteiger partial charge >= 0.3 is 0 Å². The first-order valence-corrected chi connectivity index (χ1v) is 7.26. The maximum atomic E-state index is 13.4. The molecule has 1 aromatic rings. The van der Waals surface area contributed by atoms with E-state index in [2.05, 4.69) is 10.0 Å².